The molecule has 0 fully saturated rings. The van der Waals surface area contributed by atoms with Gasteiger partial charge in [0.05, 0.1) is 5.56 Å². The molecule has 0 aliphatic rings. The van der Waals surface area contributed by atoms with E-state index in [2.05, 4.69) is 21.2 Å². The molecular formula is C11H14BrNO2. The number of benzene rings is 1. The lowest BCUT2D eigenvalue weighted by molar-refractivity contribution is 0.0936. The topological polar surface area (TPSA) is 49.3 Å². The number of hydrogen-bond acceptors (Lipinski definition) is 2. The number of nitrogens with one attached hydrogen (secondary N) is 1. The van der Waals surface area contributed by atoms with Gasteiger partial charge in [-0.05, 0) is 31.5 Å². The van der Waals surface area contributed by atoms with Gasteiger partial charge in [0.15, 0.2) is 0 Å². The predicted octanol–water partition coefficient (Wildman–Crippen LogP) is 2.68. The molecule has 15 heavy (non-hydrogen) atoms. The van der Waals surface area contributed by atoms with Gasteiger partial charge in [0.2, 0.25) is 0 Å². The molecule has 1 atom stereocenters. The maximum Gasteiger partial charge on any atom is 0.255 e. The smallest absolute Gasteiger partial charge is 0.255 e. The van der Waals surface area contributed by atoms with E-state index in [-0.39, 0.29) is 17.7 Å². The van der Waals surface area contributed by atoms with E-state index in [1.54, 1.807) is 12.1 Å². The van der Waals surface area contributed by atoms with Gasteiger partial charge >= 0.3 is 0 Å². The number of aromatic hydroxyl groups is 1. The standard InChI is InChI=1S/C11H14BrNO2/c1-3-7(2)13-11(15)9-5-4-8(12)6-10(9)14/h4-7,14H,3H2,1-2H3,(H,13,15). The summed E-state index contributed by atoms with van der Waals surface area (Å²) in [6.07, 6.45) is 0.864. The van der Waals surface area contributed by atoms with E-state index in [1.165, 1.54) is 6.07 Å². The second-order valence-corrected chi connectivity index (χ2v) is 4.36. The number of phenols is 1. The van der Waals surface area contributed by atoms with Crippen LogP contribution in [0.4, 0.5) is 0 Å². The van der Waals surface area contributed by atoms with Gasteiger partial charge in [0.1, 0.15) is 5.75 Å². The van der Waals surface area contributed by atoms with Crippen molar-refractivity contribution in [2.45, 2.75) is 26.3 Å². The third-order valence-corrected chi connectivity index (χ3v) is 2.69. The first-order valence-corrected chi connectivity index (χ1v) is 5.63. The predicted molar refractivity (Wildman–Crippen MR) is 63.0 cm³/mol. The molecule has 1 aromatic rings. The quantitative estimate of drug-likeness (QED) is 0.888. The van der Waals surface area contributed by atoms with Crippen LogP contribution in [0.5, 0.6) is 5.75 Å². The molecule has 0 aliphatic heterocycles. The minimum atomic E-state index is -0.241. The molecule has 0 saturated carbocycles. The molecule has 0 aliphatic carbocycles. The van der Waals surface area contributed by atoms with Crippen molar-refractivity contribution < 1.29 is 9.90 Å². The van der Waals surface area contributed by atoms with Gasteiger partial charge in [-0.25, -0.2) is 0 Å². The fourth-order valence-electron chi connectivity index (χ4n) is 1.10. The first-order chi connectivity index (χ1) is 7.04. The van der Waals surface area contributed by atoms with E-state index >= 15 is 0 Å². The Morgan fingerprint density at radius 2 is 2.27 bits per heavy atom. The van der Waals surface area contributed by atoms with Gasteiger partial charge in [-0.15, -0.1) is 0 Å². The molecular weight excluding hydrogens is 258 g/mol. The van der Waals surface area contributed by atoms with Crippen molar-refractivity contribution in [2.24, 2.45) is 0 Å². The Morgan fingerprint density at radius 3 is 2.80 bits per heavy atom. The largest absolute Gasteiger partial charge is 0.507 e. The van der Waals surface area contributed by atoms with Gasteiger partial charge in [-0.1, -0.05) is 22.9 Å². The number of hydrogen-bond donors (Lipinski definition) is 2. The summed E-state index contributed by atoms with van der Waals surface area (Å²) in [6, 6.07) is 4.94. The molecule has 1 unspecified atom stereocenters. The molecule has 0 aromatic heterocycles. The summed E-state index contributed by atoms with van der Waals surface area (Å²) >= 11 is 3.22. The number of halogens is 1. The summed E-state index contributed by atoms with van der Waals surface area (Å²) in [6.45, 7) is 3.92. The zero-order valence-electron chi connectivity index (χ0n) is 8.75. The highest BCUT2D eigenvalue weighted by Gasteiger charge is 2.12. The van der Waals surface area contributed by atoms with Gasteiger partial charge in [0.25, 0.3) is 5.91 Å². The summed E-state index contributed by atoms with van der Waals surface area (Å²) in [4.78, 5) is 11.7. The second kappa shape index (κ2) is 5.16. The normalized spacial score (nSPS) is 12.2. The van der Waals surface area contributed by atoms with Crippen molar-refractivity contribution in [3.63, 3.8) is 0 Å². The Bertz CT molecular complexity index is 366. The van der Waals surface area contributed by atoms with Crippen molar-refractivity contribution in [2.75, 3.05) is 0 Å². The first-order valence-electron chi connectivity index (χ1n) is 4.84. The highest BCUT2D eigenvalue weighted by molar-refractivity contribution is 9.10. The maximum atomic E-state index is 11.7. The lowest BCUT2D eigenvalue weighted by Gasteiger charge is -2.12. The summed E-state index contributed by atoms with van der Waals surface area (Å²) in [5, 5.41) is 12.3. The van der Waals surface area contributed by atoms with E-state index in [4.69, 9.17) is 0 Å². The first kappa shape index (κ1) is 12.0. The molecule has 0 spiro atoms. The van der Waals surface area contributed by atoms with E-state index < -0.39 is 0 Å². The fourth-order valence-corrected chi connectivity index (χ4v) is 1.45. The average Bonchev–Trinajstić information content (AvgIpc) is 2.17. The van der Waals surface area contributed by atoms with Crippen molar-refractivity contribution in [3.8, 4) is 5.75 Å². The lowest BCUT2D eigenvalue weighted by Crippen LogP contribution is -2.31. The third-order valence-electron chi connectivity index (χ3n) is 2.19. The van der Waals surface area contributed by atoms with Gasteiger partial charge in [-0.3, -0.25) is 4.79 Å². The molecule has 2 N–H and O–H groups in total. The molecule has 0 bridgehead atoms. The fraction of sp³-hybridized carbons (Fsp3) is 0.364. The van der Waals surface area contributed by atoms with Crippen LogP contribution in [0, 0.1) is 0 Å². The number of amides is 1. The summed E-state index contributed by atoms with van der Waals surface area (Å²) in [5.74, 6) is -0.250. The van der Waals surface area contributed by atoms with Gasteiger partial charge in [0, 0.05) is 10.5 Å². The van der Waals surface area contributed by atoms with Crippen LogP contribution in [-0.2, 0) is 0 Å². The Morgan fingerprint density at radius 1 is 1.60 bits per heavy atom. The van der Waals surface area contributed by atoms with Crippen LogP contribution in [0.25, 0.3) is 0 Å². The molecule has 1 amide bonds. The zero-order chi connectivity index (χ0) is 11.4. The zero-order valence-corrected chi connectivity index (χ0v) is 10.3. The van der Waals surface area contributed by atoms with Gasteiger partial charge in [-0.2, -0.15) is 0 Å². The molecule has 0 radical (unpaired) electrons. The molecule has 0 saturated heterocycles. The number of carbonyl (C=O) groups excluding carboxylic acids is 1. The summed E-state index contributed by atoms with van der Waals surface area (Å²) in [5.41, 5.74) is 0.304. The van der Waals surface area contributed by atoms with Crippen molar-refractivity contribution >= 4 is 21.8 Å². The van der Waals surface area contributed by atoms with E-state index in [9.17, 15) is 9.90 Å². The Balaban J connectivity index is 2.82. The Hall–Kier alpha value is -1.03. The summed E-state index contributed by atoms with van der Waals surface area (Å²) < 4.78 is 0.750. The van der Waals surface area contributed by atoms with Crippen LogP contribution in [0.2, 0.25) is 0 Å². The van der Waals surface area contributed by atoms with Crippen LogP contribution < -0.4 is 5.32 Å². The van der Waals surface area contributed by atoms with Crippen molar-refractivity contribution in [3.05, 3.63) is 28.2 Å². The van der Waals surface area contributed by atoms with Crippen LogP contribution in [-0.4, -0.2) is 17.1 Å². The van der Waals surface area contributed by atoms with Crippen molar-refractivity contribution in [1.82, 2.24) is 5.32 Å². The minimum absolute atomic E-state index is 0.00909. The second-order valence-electron chi connectivity index (χ2n) is 3.44. The monoisotopic (exact) mass is 271 g/mol. The number of phenolic OH excluding ortho intramolecular Hbond substituents is 1. The van der Waals surface area contributed by atoms with Crippen LogP contribution in [0.1, 0.15) is 30.6 Å². The molecule has 1 rings (SSSR count). The van der Waals surface area contributed by atoms with E-state index in [1.807, 2.05) is 13.8 Å². The van der Waals surface area contributed by atoms with E-state index in [0.29, 0.717) is 5.56 Å². The molecule has 1 aromatic carbocycles. The van der Waals surface area contributed by atoms with Crippen LogP contribution in [0.15, 0.2) is 22.7 Å². The SMILES string of the molecule is CCC(C)NC(=O)c1ccc(Br)cc1O. The van der Waals surface area contributed by atoms with E-state index in [0.717, 1.165) is 10.9 Å². The summed E-state index contributed by atoms with van der Waals surface area (Å²) in [7, 11) is 0. The Kier molecular flexibility index (Phi) is 4.15. The van der Waals surface area contributed by atoms with Crippen molar-refractivity contribution in [1.29, 1.82) is 0 Å². The molecule has 82 valence electrons. The number of rotatable bonds is 3. The third kappa shape index (κ3) is 3.23. The molecule has 0 heterocycles. The molecule has 4 heteroatoms. The van der Waals surface area contributed by atoms with Crippen LogP contribution in [0.3, 0.4) is 0 Å². The number of carbonyl (C=O) groups is 1. The highest BCUT2D eigenvalue weighted by Crippen LogP contribution is 2.22. The van der Waals surface area contributed by atoms with Gasteiger partial charge < -0.3 is 10.4 Å². The minimum Gasteiger partial charge on any atom is -0.507 e. The highest BCUT2D eigenvalue weighted by atomic mass is 79.9. The average molecular weight is 272 g/mol. The van der Waals surface area contributed by atoms with Crippen LogP contribution >= 0.6 is 15.9 Å². The maximum absolute atomic E-state index is 11.7. The lowest BCUT2D eigenvalue weighted by atomic mass is 10.1. The molecule has 3 nitrogen and oxygen atoms in total. The Labute approximate surface area is 97.6 Å².